The van der Waals surface area contributed by atoms with Gasteiger partial charge in [-0.3, -0.25) is 9.59 Å². The standard InChI is InChI=1S/C30H33N5O3/c1-19-24(7-6-8-25(19)32-28(37)20-9-11-22(12-10-20)30(2,3)4)21-17-26(29(38)35(5)18-21)31-27-14-13-23(15-16-36)33-34-27/h6-14,17-18,36H,15-16H2,1-5H3,(H,31,34)(H,32,37). The summed E-state index contributed by atoms with van der Waals surface area (Å²) < 4.78 is 1.51. The monoisotopic (exact) mass is 511 g/mol. The van der Waals surface area contributed by atoms with Crippen molar-refractivity contribution in [3.63, 3.8) is 0 Å². The molecule has 0 aliphatic rings. The number of hydrogen-bond donors (Lipinski definition) is 3. The van der Waals surface area contributed by atoms with Crippen LogP contribution in [0.4, 0.5) is 17.2 Å². The number of carbonyl (C=O) groups is 1. The molecule has 8 heteroatoms. The van der Waals surface area contributed by atoms with Gasteiger partial charge in [0.05, 0.1) is 5.69 Å². The number of nitrogens with one attached hydrogen (secondary N) is 2. The van der Waals surface area contributed by atoms with Crippen LogP contribution in [-0.4, -0.2) is 32.4 Å². The molecule has 38 heavy (non-hydrogen) atoms. The van der Waals surface area contributed by atoms with Gasteiger partial charge < -0.3 is 20.3 Å². The molecule has 8 nitrogen and oxygen atoms in total. The molecule has 0 aliphatic heterocycles. The van der Waals surface area contributed by atoms with Gasteiger partial charge >= 0.3 is 0 Å². The van der Waals surface area contributed by atoms with Crippen molar-refractivity contribution in [1.82, 2.24) is 14.8 Å². The maximum Gasteiger partial charge on any atom is 0.274 e. The van der Waals surface area contributed by atoms with E-state index in [-0.39, 0.29) is 23.5 Å². The fourth-order valence-electron chi connectivity index (χ4n) is 4.16. The second kappa shape index (κ2) is 11.0. The number of aliphatic hydroxyl groups is 1. The summed E-state index contributed by atoms with van der Waals surface area (Å²) in [6.07, 6.45) is 2.18. The molecule has 0 saturated carbocycles. The quantitative estimate of drug-likeness (QED) is 0.323. The molecule has 4 rings (SSSR count). The van der Waals surface area contributed by atoms with Crippen LogP contribution in [0.1, 0.15) is 48.0 Å². The van der Waals surface area contributed by atoms with Crippen molar-refractivity contribution in [1.29, 1.82) is 0 Å². The summed E-state index contributed by atoms with van der Waals surface area (Å²) in [5, 5.41) is 23.3. The van der Waals surface area contributed by atoms with E-state index < -0.39 is 0 Å². The van der Waals surface area contributed by atoms with Gasteiger partial charge in [-0.05, 0) is 65.4 Å². The number of pyridine rings is 1. The molecular weight excluding hydrogens is 478 g/mol. The highest BCUT2D eigenvalue weighted by Crippen LogP contribution is 2.30. The molecule has 0 bridgehead atoms. The van der Waals surface area contributed by atoms with Gasteiger partial charge in [0.25, 0.3) is 11.5 Å². The molecule has 3 N–H and O–H groups in total. The molecule has 2 heterocycles. The lowest BCUT2D eigenvalue weighted by Gasteiger charge is -2.19. The number of hydrogen-bond acceptors (Lipinski definition) is 6. The molecule has 4 aromatic rings. The molecule has 2 aromatic carbocycles. The van der Waals surface area contributed by atoms with Gasteiger partial charge in [0.2, 0.25) is 0 Å². The SMILES string of the molecule is Cc1c(NC(=O)c2ccc(C(C)(C)C)cc2)cccc1-c1cc(Nc2ccc(CCO)nn2)c(=O)n(C)c1. The normalized spacial score (nSPS) is 11.3. The Kier molecular flexibility index (Phi) is 7.73. The zero-order valence-corrected chi connectivity index (χ0v) is 22.4. The van der Waals surface area contributed by atoms with Crippen LogP contribution in [0.15, 0.2) is 71.7 Å². The first-order valence-electron chi connectivity index (χ1n) is 12.5. The van der Waals surface area contributed by atoms with E-state index in [1.807, 2.05) is 49.4 Å². The van der Waals surface area contributed by atoms with Crippen LogP contribution >= 0.6 is 0 Å². The molecular formula is C30H33N5O3. The minimum atomic E-state index is -0.212. The third-order valence-corrected chi connectivity index (χ3v) is 6.44. The Hall–Kier alpha value is -4.30. The van der Waals surface area contributed by atoms with Crippen molar-refractivity contribution in [2.45, 2.75) is 39.5 Å². The first kappa shape index (κ1) is 26.8. The minimum Gasteiger partial charge on any atom is -0.396 e. The van der Waals surface area contributed by atoms with Crippen molar-refractivity contribution >= 4 is 23.1 Å². The van der Waals surface area contributed by atoms with E-state index in [0.29, 0.717) is 34.9 Å². The lowest BCUT2D eigenvalue weighted by molar-refractivity contribution is 0.102. The van der Waals surface area contributed by atoms with E-state index in [0.717, 1.165) is 16.7 Å². The zero-order chi connectivity index (χ0) is 27.4. The van der Waals surface area contributed by atoms with E-state index >= 15 is 0 Å². The molecule has 0 saturated heterocycles. The number of aryl methyl sites for hydroxylation is 1. The van der Waals surface area contributed by atoms with Gasteiger partial charge in [-0.1, -0.05) is 45.0 Å². The Balaban J connectivity index is 1.60. The first-order valence-corrected chi connectivity index (χ1v) is 12.5. The van der Waals surface area contributed by atoms with Crippen LogP contribution in [0.25, 0.3) is 11.1 Å². The lowest BCUT2D eigenvalue weighted by Crippen LogP contribution is -2.20. The van der Waals surface area contributed by atoms with Crippen LogP contribution in [0.2, 0.25) is 0 Å². The van der Waals surface area contributed by atoms with E-state index in [1.54, 1.807) is 31.4 Å². The molecule has 0 unspecified atom stereocenters. The highest BCUT2D eigenvalue weighted by Gasteiger charge is 2.16. The highest BCUT2D eigenvalue weighted by molar-refractivity contribution is 6.05. The van der Waals surface area contributed by atoms with Gasteiger partial charge in [0.15, 0.2) is 5.82 Å². The number of rotatable bonds is 7. The van der Waals surface area contributed by atoms with Crippen molar-refractivity contribution in [3.05, 3.63) is 99.6 Å². The Morgan fingerprint density at radius 1 is 1.00 bits per heavy atom. The second-order valence-corrected chi connectivity index (χ2v) is 10.3. The van der Waals surface area contributed by atoms with Gasteiger partial charge in [0, 0.05) is 43.1 Å². The maximum absolute atomic E-state index is 13.0. The van der Waals surface area contributed by atoms with Crippen molar-refractivity contribution in [2.75, 3.05) is 17.2 Å². The number of aromatic nitrogens is 3. The number of aliphatic hydroxyl groups excluding tert-OH is 1. The van der Waals surface area contributed by atoms with Gasteiger partial charge in [-0.2, -0.15) is 5.10 Å². The average molecular weight is 512 g/mol. The smallest absolute Gasteiger partial charge is 0.274 e. The van der Waals surface area contributed by atoms with E-state index in [9.17, 15) is 9.59 Å². The van der Waals surface area contributed by atoms with Crippen LogP contribution in [0.5, 0.6) is 0 Å². The van der Waals surface area contributed by atoms with Crippen LogP contribution < -0.4 is 16.2 Å². The Morgan fingerprint density at radius 2 is 1.74 bits per heavy atom. The summed E-state index contributed by atoms with van der Waals surface area (Å²) in [5.74, 6) is 0.243. The van der Waals surface area contributed by atoms with E-state index in [1.165, 1.54) is 10.1 Å². The first-order chi connectivity index (χ1) is 18.1. The molecule has 0 aliphatic carbocycles. The molecule has 196 valence electrons. The van der Waals surface area contributed by atoms with Crippen LogP contribution in [0.3, 0.4) is 0 Å². The number of nitrogens with zero attached hydrogens (tertiary/aromatic N) is 3. The van der Waals surface area contributed by atoms with Gasteiger partial charge in [0.1, 0.15) is 5.69 Å². The number of anilines is 3. The summed E-state index contributed by atoms with van der Waals surface area (Å²) in [6, 6.07) is 18.6. The number of benzene rings is 2. The zero-order valence-electron chi connectivity index (χ0n) is 22.4. The average Bonchev–Trinajstić information content (AvgIpc) is 2.88. The molecule has 2 aromatic heterocycles. The number of amides is 1. The minimum absolute atomic E-state index is 0.00755. The van der Waals surface area contributed by atoms with Crippen molar-refractivity contribution in [3.8, 4) is 11.1 Å². The predicted molar refractivity (Wildman–Crippen MR) is 151 cm³/mol. The van der Waals surface area contributed by atoms with Crippen molar-refractivity contribution in [2.24, 2.45) is 7.05 Å². The summed E-state index contributed by atoms with van der Waals surface area (Å²) in [7, 11) is 1.69. The fraction of sp³-hybridized carbons (Fsp3) is 0.267. The second-order valence-electron chi connectivity index (χ2n) is 10.3. The highest BCUT2D eigenvalue weighted by atomic mass is 16.3. The third-order valence-electron chi connectivity index (χ3n) is 6.44. The molecule has 0 spiro atoms. The Morgan fingerprint density at radius 3 is 2.37 bits per heavy atom. The Labute approximate surface area is 222 Å². The Bertz CT molecular complexity index is 1500. The summed E-state index contributed by atoms with van der Waals surface area (Å²) in [4.78, 5) is 25.8. The summed E-state index contributed by atoms with van der Waals surface area (Å²) in [5.41, 5.74) is 5.83. The van der Waals surface area contributed by atoms with Gasteiger partial charge in [-0.25, -0.2) is 0 Å². The predicted octanol–water partition coefficient (Wildman–Crippen LogP) is 4.98. The topological polar surface area (TPSA) is 109 Å². The largest absolute Gasteiger partial charge is 0.396 e. The third kappa shape index (κ3) is 5.98. The fourth-order valence-corrected chi connectivity index (χ4v) is 4.16. The molecule has 0 atom stereocenters. The van der Waals surface area contributed by atoms with Gasteiger partial charge in [-0.15, -0.1) is 5.10 Å². The number of carbonyl (C=O) groups excluding carboxylic acids is 1. The maximum atomic E-state index is 13.0. The van der Waals surface area contributed by atoms with E-state index in [2.05, 4.69) is 41.6 Å². The van der Waals surface area contributed by atoms with Crippen molar-refractivity contribution < 1.29 is 9.90 Å². The molecule has 0 radical (unpaired) electrons. The molecule has 0 fully saturated rings. The summed E-state index contributed by atoms with van der Waals surface area (Å²) >= 11 is 0. The van der Waals surface area contributed by atoms with Crippen LogP contribution in [0, 0.1) is 6.92 Å². The molecule has 1 amide bonds. The lowest BCUT2D eigenvalue weighted by atomic mass is 9.86. The summed E-state index contributed by atoms with van der Waals surface area (Å²) in [6.45, 7) is 8.35. The van der Waals surface area contributed by atoms with Crippen LogP contribution in [-0.2, 0) is 18.9 Å². The van der Waals surface area contributed by atoms with E-state index in [4.69, 9.17) is 5.11 Å².